The summed E-state index contributed by atoms with van der Waals surface area (Å²) in [5, 5.41) is 12.1. The van der Waals surface area contributed by atoms with Crippen LogP contribution >= 0.6 is 0 Å². The molecule has 0 bridgehead atoms. The lowest BCUT2D eigenvalue weighted by molar-refractivity contribution is -0.137. The molecule has 0 fully saturated rings. The van der Waals surface area contributed by atoms with Gasteiger partial charge in [0.15, 0.2) is 0 Å². The van der Waals surface area contributed by atoms with Crippen LogP contribution in [-0.2, 0) is 6.18 Å². The number of aliphatic hydroxyl groups excluding tert-OH is 1. The third kappa shape index (κ3) is 4.60. The molecule has 1 heterocycles. The Bertz CT molecular complexity index is 349. The summed E-state index contributed by atoms with van der Waals surface area (Å²) in [7, 11) is 0. The average molecular weight is 248 g/mol. The second kappa shape index (κ2) is 5.35. The van der Waals surface area contributed by atoms with Gasteiger partial charge in [-0.25, -0.2) is 4.98 Å². The molecule has 2 N–H and O–H groups in total. The highest BCUT2D eigenvalue weighted by Crippen LogP contribution is 2.28. The van der Waals surface area contributed by atoms with E-state index in [0.29, 0.717) is 12.2 Å². The van der Waals surface area contributed by atoms with Crippen molar-refractivity contribution in [3.8, 4) is 0 Å². The Morgan fingerprint density at radius 3 is 2.41 bits per heavy atom. The smallest absolute Gasteiger partial charge is 0.393 e. The molecule has 96 valence electrons. The van der Waals surface area contributed by atoms with Gasteiger partial charge in [-0.15, -0.1) is 0 Å². The Balaban J connectivity index is 2.63. The van der Waals surface area contributed by atoms with Crippen molar-refractivity contribution in [2.24, 2.45) is 0 Å². The minimum atomic E-state index is -4.36. The highest BCUT2D eigenvalue weighted by molar-refractivity contribution is 5.37. The first-order valence-corrected chi connectivity index (χ1v) is 5.27. The van der Waals surface area contributed by atoms with Crippen LogP contribution in [0.4, 0.5) is 19.0 Å². The molecular formula is C11H15F3N2O. The van der Waals surface area contributed by atoms with Gasteiger partial charge in [0.2, 0.25) is 0 Å². The highest BCUT2D eigenvalue weighted by Gasteiger charge is 2.30. The van der Waals surface area contributed by atoms with Crippen LogP contribution in [0.3, 0.4) is 0 Å². The monoisotopic (exact) mass is 248 g/mol. The number of hydrogen-bond acceptors (Lipinski definition) is 3. The summed E-state index contributed by atoms with van der Waals surface area (Å²) in [5.74, 6) is 0.367. The number of alkyl halides is 3. The summed E-state index contributed by atoms with van der Waals surface area (Å²) in [4.78, 5) is 3.68. The summed E-state index contributed by atoms with van der Waals surface area (Å²) in [6.45, 7) is 3.48. The van der Waals surface area contributed by atoms with Gasteiger partial charge in [-0.3, -0.25) is 0 Å². The fourth-order valence-electron chi connectivity index (χ4n) is 1.47. The molecule has 0 aromatic carbocycles. The molecule has 0 aliphatic rings. The minimum absolute atomic E-state index is 0.0563. The van der Waals surface area contributed by atoms with Gasteiger partial charge in [0.25, 0.3) is 0 Å². The standard InChI is InChI=1S/C11H15F3N2O/c1-7(5-8(2)17)16-10-4-3-9(6-15-10)11(12,13)14/h3-4,6-8,17H,5H2,1-2H3,(H,15,16). The minimum Gasteiger partial charge on any atom is -0.393 e. The summed E-state index contributed by atoms with van der Waals surface area (Å²) in [6.07, 6.45) is -3.54. The summed E-state index contributed by atoms with van der Waals surface area (Å²) < 4.78 is 36.8. The molecule has 0 aliphatic heterocycles. The third-order valence-electron chi connectivity index (χ3n) is 2.18. The van der Waals surface area contributed by atoms with Crippen LogP contribution in [0.2, 0.25) is 0 Å². The van der Waals surface area contributed by atoms with Crippen molar-refractivity contribution < 1.29 is 18.3 Å². The number of nitrogens with one attached hydrogen (secondary N) is 1. The van der Waals surface area contributed by atoms with Crippen molar-refractivity contribution >= 4 is 5.82 Å². The quantitative estimate of drug-likeness (QED) is 0.861. The molecule has 1 aromatic heterocycles. The first-order valence-electron chi connectivity index (χ1n) is 5.27. The molecule has 3 nitrogen and oxygen atoms in total. The van der Waals surface area contributed by atoms with Crippen LogP contribution in [0, 0.1) is 0 Å². The van der Waals surface area contributed by atoms with Crippen molar-refractivity contribution in [3.05, 3.63) is 23.9 Å². The van der Waals surface area contributed by atoms with E-state index in [1.807, 2.05) is 6.92 Å². The number of anilines is 1. The van der Waals surface area contributed by atoms with E-state index in [9.17, 15) is 13.2 Å². The Kier molecular flexibility index (Phi) is 4.34. The summed E-state index contributed by atoms with van der Waals surface area (Å²) >= 11 is 0. The van der Waals surface area contributed by atoms with E-state index < -0.39 is 17.8 Å². The van der Waals surface area contributed by atoms with Crippen molar-refractivity contribution in [1.29, 1.82) is 0 Å². The zero-order valence-corrected chi connectivity index (χ0v) is 9.62. The number of aromatic nitrogens is 1. The molecule has 17 heavy (non-hydrogen) atoms. The Morgan fingerprint density at radius 2 is 2.00 bits per heavy atom. The Labute approximate surface area is 97.7 Å². The predicted octanol–water partition coefficient (Wildman–Crippen LogP) is 2.67. The molecule has 6 heteroatoms. The lowest BCUT2D eigenvalue weighted by Gasteiger charge is -2.16. The van der Waals surface area contributed by atoms with E-state index in [1.165, 1.54) is 6.07 Å². The van der Waals surface area contributed by atoms with E-state index in [0.717, 1.165) is 12.3 Å². The molecule has 2 unspecified atom stereocenters. The van der Waals surface area contributed by atoms with Gasteiger partial charge >= 0.3 is 6.18 Å². The van der Waals surface area contributed by atoms with Gasteiger partial charge < -0.3 is 10.4 Å². The van der Waals surface area contributed by atoms with Gasteiger partial charge in [-0.1, -0.05) is 0 Å². The van der Waals surface area contributed by atoms with Crippen LogP contribution in [0.5, 0.6) is 0 Å². The zero-order chi connectivity index (χ0) is 13.1. The van der Waals surface area contributed by atoms with E-state index in [4.69, 9.17) is 5.11 Å². The highest BCUT2D eigenvalue weighted by atomic mass is 19.4. The van der Waals surface area contributed by atoms with Crippen LogP contribution in [0.25, 0.3) is 0 Å². The van der Waals surface area contributed by atoms with Crippen molar-refractivity contribution in [3.63, 3.8) is 0 Å². The summed E-state index contributed by atoms with van der Waals surface area (Å²) in [5.41, 5.74) is -0.772. The molecular weight excluding hydrogens is 233 g/mol. The van der Waals surface area contributed by atoms with Crippen LogP contribution < -0.4 is 5.32 Å². The van der Waals surface area contributed by atoms with Gasteiger partial charge in [-0.05, 0) is 32.4 Å². The van der Waals surface area contributed by atoms with Gasteiger partial charge in [0.05, 0.1) is 11.7 Å². The second-order valence-corrected chi connectivity index (χ2v) is 4.06. The lowest BCUT2D eigenvalue weighted by atomic mass is 10.1. The third-order valence-corrected chi connectivity index (χ3v) is 2.18. The molecule has 0 amide bonds. The van der Waals surface area contributed by atoms with Crippen LogP contribution in [-0.4, -0.2) is 22.2 Å². The SMILES string of the molecule is CC(O)CC(C)Nc1ccc(C(F)(F)F)cn1. The number of aliphatic hydroxyl groups is 1. The van der Waals surface area contributed by atoms with Gasteiger partial charge in [0, 0.05) is 12.2 Å². The first-order chi connectivity index (χ1) is 7.79. The molecule has 0 saturated carbocycles. The molecule has 0 radical (unpaired) electrons. The largest absolute Gasteiger partial charge is 0.417 e. The molecule has 0 aliphatic carbocycles. The van der Waals surface area contributed by atoms with Gasteiger partial charge in [0.1, 0.15) is 5.82 Å². The second-order valence-electron chi connectivity index (χ2n) is 4.06. The van der Waals surface area contributed by atoms with Crippen molar-refractivity contribution in [2.75, 3.05) is 5.32 Å². The van der Waals surface area contributed by atoms with Crippen molar-refractivity contribution in [1.82, 2.24) is 4.98 Å². The van der Waals surface area contributed by atoms with Gasteiger partial charge in [-0.2, -0.15) is 13.2 Å². The number of hydrogen-bond donors (Lipinski definition) is 2. The first kappa shape index (κ1) is 13.8. The molecule has 1 aromatic rings. The maximum atomic E-state index is 12.3. The summed E-state index contributed by atoms with van der Waals surface area (Å²) in [6, 6.07) is 2.20. The Morgan fingerprint density at radius 1 is 1.35 bits per heavy atom. The number of pyridine rings is 1. The number of nitrogens with zero attached hydrogens (tertiary/aromatic N) is 1. The number of rotatable bonds is 4. The van der Waals surface area contributed by atoms with E-state index in [1.54, 1.807) is 6.92 Å². The topological polar surface area (TPSA) is 45.1 Å². The predicted molar refractivity (Wildman–Crippen MR) is 58.6 cm³/mol. The van der Waals surface area contributed by atoms with E-state index >= 15 is 0 Å². The average Bonchev–Trinajstić information content (AvgIpc) is 2.15. The van der Waals surface area contributed by atoms with E-state index in [2.05, 4.69) is 10.3 Å². The molecule has 1 rings (SSSR count). The maximum absolute atomic E-state index is 12.3. The molecule has 0 spiro atoms. The molecule has 0 saturated heterocycles. The normalized spacial score (nSPS) is 15.4. The zero-order valence-electron chi connectivity index (χ0n) is 9.62. The van der Waals surface area contributed by atoms with E-state index in [-0.39, 0.29) is 6.04 Å². The van der Waals surface area contributed by atoms with Crippen LogP contribution in [0.15, 0.2) is 18.3 Å². The number of halogens is 3. The van der Waals surface area contributed by atoms with Crippen molar-refractivity contribution in [2.45, 2.75) is 38.6 Å². The Hall–Kier alpha value is -1.30. The fourth-order valence-corrected chi connectivity index (χ4v) is 1.47. The molecule has 2 atom stereocenters. The fraction of sp³-hybridized carbons (Fsp3) is 0.545. The maximum Gasteiger partial charge on any atom is 0.417 e. The lowest BCUT2D eigenvalue weighted by Crippen LogP contribution is -2.21. The van der Waals surface area contributed by atoms with Crippen LogP contribution in [0.1, 0.15) is 25.8 Å².